The first-order valence-electron chi connectivity index (χ1n) is 4.88. The summed E-state index contributed by atoms with van der Waals surface area (Å²) in [5, 5.41) is 3.33. The highest BCUT2D eigenvalue weighted by molar-refractivity contribution is 5.81. The Hall–Kier alpha value is -1.71. The van der Waals surface area contributed by atoms with Gasteiger partial charge in [0.05, 0.1) is 0 Å². The Bertz CT molecular complexity index is 347. The lowest BCUT2D eigenvalue weighted by Gasteiger charge is -2.09. The van der Waals surface area contributed by atoms with Gasteiger partial charge in [-0.1, -0.05) is 26.0 Å². The van der Waals surface area contributed by atoms with Gasteiger partial charge in [-0.05, 0) is 23.6 Å². The van der Waals surface area contributed by atoms with Crippen molar-refractivity contribution in [2.45, 2.75) is 19.8 Å². The Morgan fingerprint density at radius 3 is 2.80 bits per heavy atom. The fraction of sp³-hybridized carbons (Fsp3) is 0.364. The predicted octanol–water partition coefficient (Wildman–Crippen LogP) is 1.42. The van der Waals surface area contributed by atoms with Gasteiger partial charge in [-0.25, -0.2) is 0 Å². The fourth-order valence-electron chi connectivity index (χ4n) is 1.16. The maximum Gasteiger partial charge on any atom is 0.157 e. The molecule has 0 atom stereocenters. The van der Waals surface area contributed by atoms with E-state index in [1.807, 2.05) is 18.2 Å². The van der Waals surface area contributed by atoms with E-state index >= 15 is 0 Å². The summed E-state index contributed by atoms with van der Waals surface area (Å²) >= 11 is 0. The fourth-order valence-corrected chi connectivity index (χ4v) is 1.16. The minimum absolute atomic E-state index is 0.220. The lowest BCUT2D eigenvalue weighted by atomic mass is 10.0. The molecule has 0 radical (unpaired) electrons. The number of nitrogens with two attached hydrogens (primary N) is 2. The van der Waals surface area contributed by atoms with Crippen LogP contribution < -0.4 is 16.3 Å². The topological polar surface area (TPSA) is 73.6 Å². The van der Waals surface area contributed by atoms with Gasteiger partial charge in [0.25, 0.3) is 0 Å². The summed E-state index contributed by atoms with van der Waals surface area (Å²) in [5.74, 6) is 6.55. The zero-order valence-corrected chi connectivity index (χ0v) is 9.10. The Morgan fingerprint density at radius 1 is 1.47 bits per heavy atom. The number of benzene rings is 1. The van der Waals surface area contributed by atoms with Crippen molar-refractivity contribution in [1.82, 2.24) is 0 Å². The Balaban J connectivity index is 2.66. The summed E-state index contributed by atoms with van der Waals surface area (Å²) in [6.45, 7) is 4.49. The molecule has 0 amide bonds. The van der Waals surface area contributed by atoms with Crippen molar-refractivity contribution < 1.29 is 4.74 Å². The van der Waals surface area contributed by atoms with E-state index in [4.69, 9.17) is 16.3 Å². The molecule has 0 saturated heterocycles. The molecule has 1 rings (SSSR count). The van der Waals surface area contributed by atoms with Gasteiger partial charge < -0.3 is 16.3 Å². The molecule has 0 bridgehead atoms. The summed E-state index contributed by atoms with van der Waals surface area (Å²) in [6.07, 6.45) is 0. The van der Waals surface area contributed by atoms with Crippen molar-refractivity contribution in [3.05, 3.63) is 29.8 Å². The number of ether oxygens (including phenoxy) is 1. The molecule has 0 heterocycles. The van der Waals surface area contributed by atoms with Crippen LogP contribution in [0.15, 0.2) is 29.4 Å². The van der Waals surface area contributed by atoms with Crippen LogP contribution in [-0.2, 0) is 0 Å². The Labute approximate surface area is 89.9 Å². The monoisotopic (exact) mass is 207 g/mol. The standard InChI is InChI=1S/C11H17N3O/c1-8(2)9-4-3-5-10(6-9)15-7-11(12)14-13/h3-6,8H,7,13H2,1-2H3,(H2,12,14). The van der Waals surface area contributed by atoms with Crippen LogP contribution in [0, 0.1) is 0 Å². The van der Waals surface area contributed by atoms with E-state index in [9.17, 15) is 0 Å². The summed E-state index contributed by atoms with van der Waals surface area (Å²) < 4.78 is 5.41. The SMILES string of the molecule is CC(C)c1cccc(OC/C(N)=N/N)c1. The Morgan fingerprint density at radius 2 is 2.20 bits per heavy atom. The minimum atomic E-state index is 0.220. The van der Waals surface area contributed by atoms with Crippen molar-refractivity contribution in [3.63, 3.8) is 0 Å². The molecular formula is C11H17N3O. The molecule has 0 spiro atoms. The molecule has 0 aromatic heterocycles. The van der Waals surface area contributed by atoms with Crippen LogP contribution in [0.4, 0.5) is 0 Å². The molecule has 0 aliphatic heterocycles. The van der Waals surface area contributed by atoms with Crippen LogP contribution >= 0.6 is 0 Å². The molecule has 4 nitrogen and oxygen atoms in total. The molecule has 0 unspecified atom stereocenters. The van der Waals surface area contributed by atoms with E-state index in [1.165, 1.54) is 5.56 Å². The van der Waals surface area contributed by atoms with Gasteiger partial charge in [0.2, 0.25) is 0 Å². The second kappa shape index (κ2) is 5.24. The average molecular weight is 207 g/mol. The minimum Gasteiger partial charge on any atom is -0.486 e. The van der Waals surface area contributed by atoms with Gasteiger partial charge in [-0.3, -0.25) is 0 Å². The number of rotatable bonds is 4. The van der Waals surface area contributed by atoms with Crippen molar-refractivity contribution in [2.75, 3.05) is 6.61 Å². The quantitative estimate of drug-likeness (QED) is 0.339. The number of hydrogen-bond donors (Lipinski definition) is 2. The molecule has 4 N–H and O–H groups in total. The zero-order valence-electron chi connectivity index (χ0n) is 9.10. The van der Waals surface area contributed by atoms with Crippen molar-refractivity contribution >= 4 is 5.84 Å². The zero-order chi connectivity index (χ0) is 11.3. The maximum absolute atomic E-state index is 5.42. The molecule has 0 saturated carbocycles. The largest absolute Gasteiger partial charge is 0.486 e. The molecule has 0 fully saturated rings. The molecule has 0 aliphatic rings. The normalized spacial score (nSPS) is 11.8. The first kappa shape index (κ1) is 11.4. The van der Waals surface area contributed by atoms with Crippen LogP contribution in [0.1, 0.15) is 25.3 Å². The van der Waals surface area contributed by atoms with Gasteiger partial charge in [0.15, 0.2) is 5.84 Å². The third-order valence-electron chi connectivity index (χ3n) is 2.08. The van der Waals surface area contributed by atoms with E-state index < -0.39 is 0 Å². The van der Waals surface area contributed by atoms with Gasteiger partial charge in [-0.2, -0.15) is 5.10 Å². The summed E-state index contributed by atoms with van der Waals surface area (Å²) in [7, 11) is 0. The molecule has 1 aromatic rings. The van der Waals surface area contributed by atoms with Crippen molar-refractivity contribution in [2.24, 2.45) is 16.7 Å². The van der Waals surface area contributed by atoms with Gasteiger partial charge in [0.1, 0.15) is 12.4 Å². The second-order valence-corrected chi connectivity index (χ2v) is 3.64. The van der Waals surface area contributed by atoms with Crippen molar-refractivity contribution in [1.29, 1.82) is 0 Å². The molecule has 82 valence electrons. The molecule has 15 heavy (non-hydrogen) atoms. The van der Waals surface area contributed by atoms with Crippen LogP contribution in [-0.4, -0.2) is 12.4 Å². The van der Waals surface area contributed by atoms with Crippen molar-refractivity contribution in [3.8, 4) is 5.75 Å². The lowest BCUT2D eigenvalue weighted by Crippen LogP contribution is -2.22. The molecule has 0 aliphatic carbocycles. The first-order valence-corrected chi connectivity index (χ1v) is 4.88. The number of hydrogen-bond acceptors (Lipinski definition) is 3. The van der Waals surface area contributed by atoms with E-state index in [1.54, 1.807) is 0 Å². The van der Waals surface area contributed by atoms with Crippen LogP contribution in [0.5, 0.6) is 5.75 Å². The third kappa shape index (κ3) is 3.50. The highest BCUT2D eigenvalue weighted by atomic mass is 16.5. The maximum atomic E-state index is 5.42. The van der Waals surface area contributed by atoms with Gasteiger partial charge >= 0.3 is 0 Å². The molecule has 4 heteroatoms. The number of hydrazone groups is 1. The van der Waals surface area contributed by atoms with Gasteiger partial charge in [-0.15, -0.1) is 0 Å². The number of amidine groups is 1. The van der Waals surface area contributed by atoms with Crippen LogP contribution in [0.3, 0.4) is 0 Å². The smallest absolute Gasteiger partial charge is 0.157 e. The van der Waals surface area contributed by atoms with E-state index in [0.717, 1.165) is 5.75 Å². The average Bonchev–Trinajstić information content (AvgIpc) is 2.26. The molecular weight excluding hydrogens is 190 g/mol. The molecule has 1 aromatic carbocycles. The lowest BCUT2D eigenvalue weighted by molar-refractivity contribution is 0.374. The third-order valence-corrected chi connectivity index (χ3v) is 2.08. The highest BCUT2D eigenvalue weighted by Crippen LogP contribution is 2.19. The summed E-state index contributed by atoms with van der Waals surface area (Å²) in [4.78, 5) is 0. The van der Waals surface area contributed by atoms with Gasteiger partial charge in [0, 0.05) is 0 Å². The summed E-state index contributed by atoms with van der Waals surface area (Å²) in [6, 6.07) is 7.91. The van der Waals surface area contributed by atoms with Crippen LogP contribution in [0.2, 0.25) is 0 Å². The Kier molecular flexibility index (Phi) is 3.97. The second-order valence-electron chi connectivity index (χ2n) is 3.64. The summed E-state index contributed by atoms with van der Waals surface area (Å²) in [5.41, 5.74) is 6.65. The van der Waals surface area contributed by atoms with E-state index in [0.29, 0.717) is 5.92 Å². The van der Waals surface area contributed by atoms with E-state index in [2.05, 4.69) is 25.0 Å². The van der Waals surface area contributed by atoms with Crippen LogP contribution in [0.25, 0.3) is 0 Å². The predicted molar refractivity (Wildman–Crippen MR) is 61.8 cm³/mol. The number of nitrogens with zero attached hydrogens (tertiary/aromatic N) is 1. The van der Waals surface area contributed by atoms with E-state index in [-0.39, 0.29) is 12.4 Å². The first-order chi connectivity index (χ1) is 7.13. The highest BCUT2D eigenvalue weighted by Gasteiger charge is 2.01.